The number of pyridine rings is 1. The number of aliphatic hydroxyl groups excluding tert-OH is 1. The van der Waals surface area contributed by atoms with E-state index in [9.17, 15) is 0 Å². The molecule has 2 saturated heterocycles. The van der Waals surface area contributed by atoms with Gasteiger partial charge in [-0.2, -0.15) is 0 Å². The Morgan fingerprint density at radius 3 is 2.52 bits per heavy atom. The number of hydrogen-bond acceptors (Lipinski definition) is 4. The minimum Gasteiger partial charge on any atom is -0.392 e. The summed E-state index contributed by atoms with van der Waals surface area (Å²) in [6.07, 6.45) is 6.90. The standard InChI is InChI=1S/C16H24ClN3O/c17-15-9-14(12-21)10-18-16(15)20-7-3-13(4-8-20)11-19-5-1-2-6-19/h9-10,13,21H,1-8,11-12H2. The second-order valence-corrected chi connectivity index (χ2v) is 6.65. The molecule has 0 unspecified atom stereocenters. The third-order valence-corrected chi connectivity index (χ3v) is 4.97. The Kier molecular flexibility index (Phi) is 4.99. The number of aromatic nitrogens is 1. The Bertz CT molecular complexity index is 469. The molecule has 0 bridgehead atoms. The third-order valence-electron chi connectivity index (χ3n) is 4.69. The highest BCUT2D eigenvalue weighted by molar-refractivity contribution is 6.33. The normalized spacial score (nSPS) is 21.1. The molecule has 116 valence electrons. The summed E-state index contributed by atoms with van der Waals surface area (Å²) >= 11 is 6.29. The van der Waals surface area contributed by atoms with Crippen LogP contribution in [0.1, 0.15) is 31.2 Å². The molecule has 2 fully saturated rings. The van der Waals surface area contributed by atoms with E-state index in [0.717, 1.165) is 30.4 Å². The molecule has 0 radical (unpaired) electrons. The molecular weight excluding hydrogens is 286 g/mol. The number of anilines is 1. The Morgan fingerprint density at radius 2 is 1.90 bits per heavy atom. The number of aliphatic hydroxyl groups is 1. The zero-order valence-electron chi connectivity index (χ0n) is 12.5. The Morgan fingerprint density at radius 1 is 1.19 bits per heavy atom. The molecule has 3 rings (SSSR count). The first-order valence-corrected chi connectivity index (χ1v) is 8.36. The fourth-order valence-electron chi connectivity index (χ4n) is 3.45. The van der Waals surface area contributed by atoms with Crippen molar-refractivity contribution in [2.75, 3.05) is 37.6 Å². The summed E-state index contributed by atoms with van der Waals surface area (Å²) in [5.74, 6) is 1.68. The van der Waals surface area contributed by atoms with Gasteiger partial charge in [-0.25, -0.2) is 4.98 Å². The third kappa shape index (κ3) is 3.68. The summed E-state index contributed by atoms with van der Waals surface area (Å²) in [6.45, 7) is 5.89. The van der Waals surface area contributed by atoms with Crippen LogP contribution in [0.15, 0.2) is 12.3 Å². The maximum absolute atomic E-state index is 9.12. The summed E-state index contributed by atoms with van der Waals surface area (Å²) in [6, 6.07) is 1.82. The fourth-order valence-corrected chi connectivity index (χ4v) is 3.76. The number of hydrogen-bond donors (Lipinski definition) is 1. The highest BCUT2D eigenvalue weighted by atomic mass is 35.5. The van der Waals surface area contributed by atoms with E-state index in [1.165, 1.54) is 45.3 Å². The summed E-state index contributed by atoms with van der Waals surface area (Å²) in [7, 11) is 0. The lowest BCUT2D eigenvalue weighted by Gasteiger charge is -2.35. The second kappa shape index (κ2) is 6.95. The maximum Gasteiger partial charge on any atom is 0.147 e. The number of nitrogens with zero attached hydrogens (tertiary/aromatic N) is 3. The molecule has 1 aromatic rings. The molecule has 21 heavy (non-hydrogen) atoms. The molecule has 5 heteroatoms. The van der Waals surface area contributed by atoms with Crippen LogP contribution in [0, 0.1) is 5.92 Å². The lowest BCUT2D eigenvalue weighted by atomic mass is 9.96. The van der Waals surface area contributed by atoms with Gasteiger partial charge in [0.25, 0.3) is 0 Å². The first-order valence-electron chi connectivity index (χ1n) is 7.99. The molecular formula is C16H24ClN3O. The molecule has 0 aromatic carbocycles. The van der Waals surface area contributed by atoms with Crippen molar-refractivity contribution in [2.24, 2.45) is 5.92 Å². The van der Waals surface area contributed by atoms with Crippen molar-refractivity contribution in [3.63, 3.8) is 0 Å². The Hall–Kier alpha value is -0.840. The first-order chi connectivity index (χ1) is 10.3. The summed E-state index contributed by atoms with van der Waals surface area (Å²) < 4.78 is 0. The van der Waals surface area contributed by atoms with Gasteiger partial charge in [-0.3, -0.25) is 0 Å². The number of rotatable bonds is 4. The lowest BCUT2D eigenvalue weighted by Crippen LogP contribution is -2.38. The van der Waals surface area contributed by atoms with Crippen molar-refractivity contribution in [3.8, 4) is 0 Å². The number of piperidine rings is 1. The van der Waals surface area contributed by atoms with Crippen molar-refractivity contribution in [1.29, 1.82) is 0 Å². The topological polar surface area (TPSA) is 39.6 Å². The van der Waals surface area contributed by atoms with Crippen LogP contribution in [-0.2, 0) is 6.61 Å². The smallest absolute Gasteiger partial charge is 0.147 e. The van der Waals surface area contributed by atoms with E-state index in [-0.39, 0.29) is 6.61 Å². The highest BCUT2D eigenvalue weighted by Gasteiger charge is 2.24. The lowest BCUT2D eigenvalue weighted by molar-refractivity contribution is 0.249. The monoisotopic (exact) mass is 309 g/mol. The van der Waals surface area contributed by atoms with Crippen molar-refractivity contribution in [1.82, 2.24) is 9.88 Å². The molecule has 1 N–H and O–H groups in total. The van der Waals surface area contributed by atoms with E-state index in [1.54, 1.807) is 6.20 Å². The molecule has 0 atom stereocenters. The van der Waals surface area contributed by atoms with E-state index in [2.05, 4.69) is 14.8 Å². The van der Waals surface area contributed by atoms with Crippen LogP contribution < -0.4 is 4.90 Å². The van der Waals surface area contributed by atoms with Gasteiger partial charge in [0.2, 0.25) is 0 Å². The van der Waals surface area contributed by atoms with Gasteiger partial charge in [0.05, 0.1) is 11.6 Å². The van der Waals surface area contributed by atoms with Gasteiger partial charge in [0.15, 0.2) is 0 Å². The molecule has 0 amide bonds. The van der Waals surface area contributed by atoms with Gasteiger partial charge in [-0.1, -0.05) is 11.6 Å². The van der Waals surface area contributed by atoms with Gasteiger partial charge < -0.3 is 14.9 Å². The average Bonchev–Trinajstić information content (AvgIpc) is 3.01. The maximum atomic E-state index is 9.12. The van der Waals surface area contributed by atoms with Crippen LogP contribution in [0.4, 0.5) is 5.82 Å². The minimum atomic E-state index is -0.00902. The largest absolute Gasteiger partial charge is 0.392 e. The average molecular weight is 310 g/mol. The van der Waals surface area contributed by atoms with Crippen LogP contribution in [0.25, 0.3) is 0 Å². The van der Waals surface area contributed by atoms with Gasteiger partial charge >= 0.3 is 0 Å². The predicted octanol–water partition coefficient (Wildman–Crippen LogP) is 2.54. The SMILES string of the molecule is OCc1cnc(N2CCC(CN3CCCC3)CC2)c(Cl)c1. The van der Waals surface area contributed by atoms with Gasteiger partial charge in [-0.15, -0.1) is 0 Å². The molecule has 0 saturated carbocycles. The van der Waals surface area contributed by atoms with Crippen LogP contribution >= 0.6 is 11.6 Å². The van der Waals surface area contributed by atoms with Crippen molar-refractivity contribution in [2.45, 2.75) is 32.3 Å². The predicted molar refractivity (Wildman–Crippen MR) is 85.8 cm³/mol. The molecule has 2 aliphatic rings. The number of halogens is 1. The van der Waals surface area contributed by atoms with Crippen molar-refractivity contribution < 1.29 is 5.11 Å². The molecule has 3 heterocycles. The Labute approximate surface area is 131 Å². The van der Waals surface area contributed by atoms with E-state index in [4.69, 9.17) is 16.7 Å². The van der Waals surface area contributed by atoms with E-state index in [1.807, 2.05) is 6.07 Å². The molecule has 4 nitrogen and oxygen atoms in total. The van der Waals surface area contributed by atoms with Gasteiger partial charge in [-0.05, 0) is 56.3 Å². The fraction of sp³-hybridized carbons (Fsp3) is 0.688. The quantitative estimate of drug-likeness (QED) is 0.928. The zero-order valence-corrected chi connectivity index (χ0v) is 13.2. The highest BCUT2D eigenvalue weighted by Crippen LogP contribution is 2.29. The summed E-state index contributed by atoms with van der Waals surface area (Å²) in [4.78, 5) is 9.32. The Balaban J connectivity index is 1.55. The first kappa shape index (κ1) is 15.1. The van der Waals surface area contributed by atoms with Crippen LogP contribution in [0.2, 0.25) is 5.02 Å². The summed E-state index contributed by atoms with van der Waals surface area (Å²) in [5.41, 5.74) is 0.771. The molecule has 0 aliphatic carbocycles. The van der Waals surface area contributed by atoms with Crippen molar-refractivity contribution >= 4 is 17.4 Å². The molecule has 1 aromatic heterocycles. The van der Waals surface area contributed by atoms with Crippen LogP contribution in [0.3, 0.4) is 0 Å². The van der Waals surface area contributed by atoms with E-state index >= 15 is 0 Å². The zero-order chi connectivity index (χ0) is 14.7. The van der Waals surface area contributed by atoms with Gasteiger partial charge in [0, 0.05) is 25.8 Å². The van der Waals surface area contributed by atoms with Crippen LogP contribution in [-0.4, -0.2) is 47.7 Å². The van der Waals surface area contributed by atoms with Gasteiger partial charge in [0.1, 0.15) is 5.82 Å². The minimum absolute atomic E-state index is 0.00902. The number of likely N-dealkylation sites (tertiary alicyclic amines) is 1. The molecule has 0 spiro atoms. The second-order valence-electron chi connectivity index (χ2n) is 6.25. The molecule has 2 aliphatic heterocycles. The van der Waals surface area contributed by atoms with E-state index in [0.29, 0.717) is 5.02 Å². The van der Waals surface area contributed by atoms with Crippen molar-refractivity contribution in [3.05, 3.63) is 22.8 Å². The van der Waals surface area contributed by atoms with Crippen LogP contribution in [0.5, 0.6) is 0 Å². The van der Waals surface area contributed by atoms with E-state index < -0.39 is 0 Å². The summed E-state index contributed by atoms with van der Waals surface area (Å²) in [5, 5.41) is 9.77.